The molecule has 0 aromatic rings. The Kier molecular flexibility index (Phi) is 5.44. The quantitative estimate of drug-likeness (QED) is 0.600. The molecule has 0 spiro atoms. The zero-order valence-corrected chi connectivity index (χ0v) is 10.4. The van der Waals surface area contributed by atoms with E-state index in [9.17, 15) is 9.59 Å². The van der Waals surface area contributed by atoms with Crippen LogP contribution in [0.15, 0.2) is 0 Å². The third kappa shape index (κ3) is 4.61. The van der Waals surface area contributed by atoms with Gasteiger partial charge in [0.2, 0.25) is 11.8 Å². The molecule has 0 bridgehead atoms. The van der Waals surface area contributed by atoms with Crippen LogP contribution in [-0.2, 0) is 9.59 Å². The van der Waals surface area contributed by atoms with Crippen molar-refractivity contribution in [3.05, 3.63) is 0 Å². The van der Waals surface area contributed by atoms with Gasteiger partial charge in [0.25, 0.3) is 0 Å². The molecule has 0 rings (SSSR count). The summed E-state index contributed by atoms with van der Waals surface area (Å²) in [5, 5.41) is 11.1. The predicted octanol–water partition coefficient (Wildman–Crippen LogP) is 0.0211. The third-order valence-corrected chi connectivity index (χ3v) is 2.45. The molecule has 5 nitrogen and oxygen atoms in total. The van der Waals surface area contributed by atoms with Gasteiger partial charge in [-0.1, -0.05) is 27.7 Å². The minimum atomic E-state index is -0.755. The number of hydrogen-bond donors (Lipinski definition) is 3. The van der Waals surface area contributed by atoms with Gasteiger partial charge in [-0.2, -0.15) is 0 Å². The molecular formula is C11H22N2O3. The molecular weight excluding hydrogens is 208 g/mol. The summed E-state index contributed by atoms with van der Waals surface area (Å²) in [7, 11) is 0. The summed E-state index contributed by atoms with van der Waals surface area (Å²) < 4.78 is 0. The average molecular weight is 230 g/mol. The van der Waals surface area contributed by atoms with E-state index in [-0.39, 0.29) is 0 Å². The molecule has 0 radical (unpaired) electrons. The van der Waals surface area contributed by atoms with E-state index in [1.54, 1.807) is 0 Å². The molecule has 0 saturated carbocycles. The van der Waals surface area contributed by atoms with Gasteiger partial charge in [0.15, 0.2) is 0 Å². The first-order chi connectivity index (χ1) is 7.20. The molecule has 0 fully saturated rings. The Labute approximate surface area is 96.4 Å². The maximum absolute atomic E-state index is 11.3. The fraction of sp³-hybridized carbons (Fsp3) is 0.818. The number of primary amides is 1. The minimum Gasteiger partial charge on any atom is -0.387 e. The molecule has 0 aliphatic rings. The van der Waals surface area contributed by atoms with Gasteiger partial charge in [0, 0.05) is 0 Å². The van der Waals surface area contributed by atoms with Crippen LogP contribution in [0.3, 0.4) is 0 Å². The number of hydrogen-bond acceptors (Lipinski definition) is 3. The second-order valence-electron chi connectivity index (χ2n) is 5.15. The fourth-order valence-corrected chi connectivity index (χ4v) is 2.03. The number of amides is 2. The zero-order valence-electron chi connectivity index (χ0n) is 10.4. The SMILES string of the molecule is CC(C)CC(C)(C)C(NC(=O)CO)C(N)=O. The van der Waals surface area contributed by atoms with Crippen LogP contribution < -0.4 is 11.1 Å². The predicted molar refractivity (Wildman–Crippen MR) is 61.4 cm³/mol. The Morgan fingerprint density at radius 1 is 1.38 bits per heavy atom. The molecule has 1 atom stereocenters. The summed E-state index contributed by atoms with van der Waals surface area (Å²) in [5.74, 6) is -0.768. The van der Waals surface area contributed by atoms with E-state index < -0.39 is 29.9 Å². The first kappa shape index (κ1) is 14.9. The van der Waals surface area contributed by atoms with Crippen LogP contribution in [0.5, 0.6) is 0 Å². The fourth-order valence-electron chi connectivity index (χ4n) is 2.03. The molecule has 5 heteroatoms. The normalized spacial score (nSPS) is 13.6. The van der Waals surface area contributed by atoms with Crippen molar-refractivity contribution in [3.8, 4) is 0 Å². The molecule has 0 aliphatic carbocycles. The first-order valence-electron chi connectivity index (χ1n) is 5.40. The molecule has 16 heavy (non-hydrogen) atoms. The van der Waals surface area contributed by atoms with Gasteiger partial charge in [0.05, 0.1) is 0 Å². The number of aliphatic hydroxyl groups is 1. The summed E-state index contributed by atoms with van der Waals surface area (Å²) in [6.45, 7) is 7.18. The Morgan fingerprint density at radius 3 is 2.19 bits per heavy atom. The van der Waals surface area contributed by atoms with Crippen molar-refractivity contribution >= 4 is 11.8 Å². The number of nitrogens with one attached hydrogen (secondary N) is 1. The van der Waals surface area contributed by atoms with Crippen LogP contribution in [0.2, 0.25) is 0 Å². The van der Waals surface area contributed by atoms with E-state index in [1.807, 2.05) is 27.7 Å². The highest BCUT2D eigenvalue weighted by Crippen LogP contribution is 2.29. The van der Waals surface area contributed by atoms with Crippen LogP contribution in [0.4, 0.5) is 0 Å². The second-order valence-corrected chi connectivity index (χ2v) is 5.15. The highest BCUT2D eigenvalue weighted by Gasteiger charge is 2.35. The van der Waals surface area contributed by atoms with Crippen molar-refractivity contribution in [1.82, 2.24) is 5.32 Å². The minimum absolute atomic E-state index is 0.392. The van der Waals surface area contributed by atoms with Crippen molar-refractivity contribution in [2.45, 2.75) is 40.2 Å². The lowest BCUT2D eigenvalue weighted by Crippen LogP contribution is -2.54. The average Bonchev–Trinajstić information content (AvgIpc) is 2.10. The Hall–Kier alpha value is -1.10. The van der Waals surface area contributed by atoms with Crippen molar-refractivity contribution in [2.75, 3.05) is 6.61 Å². The van der Waals surface area contributed by atoms with E-state index in [0.717, 1.165) is 6.42 Å². The van der Waals surface area contributed by atoms with E-state index in [1.165, 1.54) is 0 Å². The van der Waals surface area contributed by atoms with Crippen molar-refractivity contribution < 1.29 is 14.7 Å². The second kappa shape index (κ2) is 5.84. The smallest absolute Gasteiger partial charge is 0.246 e. The summed E-state index contributed by atoms with van der Waals surface area (Å²) in [6, 6.07) is -0.755. The van der Waals surface area contributed by atoms with Gasteiger partial charge < -0.3 is 16.2 Å². The van der Waals surface area contributed by atoms with E-state index in [0.29, 0.717) is 5.92 Å². The molecule has 0 heterocycles. The largest absolute Gasteiger partial charge is 0.387 e. The number of nitrogens with two attached hydrogens (primary N) is 1. The van der Waals surface area contributed by atoms with Crippen molar-refractivity contribution in [2.24, 2.45) is 17.1 Å². The third-order valence-electron chi connectivity index (χ3n) is 2.45. The van der Waals surface area contributed by atoms with E-state index in [2.05, 4.69) is 5.32 Å². The van der Waals surface area contributed by atoms with Gasteiger partial charge in [-0.05, 0) is 17.8 Å². The monoisotopic (exact) mass is 230 g/mol. The zero-order chi connectivity index (χ0) is 12.9. The maximum Gasteiger partial charge on any atom is 0.246 e. The van der Waals surface area contributed by atoms with Gasteiger partial charge >= 0.3 is 0 Å². The molecule has 2 amide bonds. The topological polar surface area (TPSA) is 92.4 Å². The molecule has 0 aromatic heterocycles. The number of aliphatic hydroxyl groups excluding tert-OH is 1. The van der Waals surface area contributed by atoms with Gasteiger partial charge in [-0.15, -0.1) is 0 Å². The first-order valence-corrected chi connectivity index (χ1v) is 5.40. The van der Waals surface area contributed by atoms with Crippen LogP contribution in [0.1, 0.15) is 34.1 Å². The molecule has 1 unspecified atom stereocenters. The van der Waals surface area contributed by atoms with Crippen molar-refractivity contribution in [1.29, 1.82) is 0 Å². The van der Waals surface area contributed by atoms with Crippen LogP contribution in [0.25, 0.3) is 0 Å². The summed E-state index contributed by atoms with van der Waals surface area (Å²) >= 11 is 0. The van der Waals surface area contributed by atoms with Gasteiger partial charge in [-0.3, -0.25) is 9.59 Å². The Bertz CT molecular complexity index is 262. The van der Waals surface area contributed by atoms with Crippen LogP contribution in [0, 0.1) is 11.3 Å². The van der Waals surface area contributed by atoms with E-state index >= 15 is 0 Å². The van der Waals surface area contributed by atoms with Crippen molar-refractivity contribution in [3.63, 3.8) is 0 Å². The number of carbonyl (C=O) groups excluding carboxylic acids is 2. The highest BCUT2D eigenvalue weighted by molar-refractivity contribution is 5.87. The molecule has 0 aliphatic heterocycles. The molecule has 4 N–H and O–H groups in total. The highest BCUT2D eigenvalue weighted by atomic mass is 16.3. The number of carbonyl (C=O) groups is 2. The Balaban J connectivity index is 4.76. The summed E-state index contributed by atoms with van der Waals surface area (Å²) in [5.41, 5.74) is 4.84. The molecule has 0 saturated heterocycles. The lowest BCUT2D eigenvalue weighted by Gasteiger charge is -2.34. The summed E-state index contributed by atoms with van der Waals surface area (Å²) in [4.78, 5) is 22.4. The van der Waals surface area contributed by atoms with Crippen LogP contribution in [-0.4, -0.2) is 29.6 Å². The van der Waals surface area contributed by atoms with Crippen LogP contribution >= 0.6 is 0 Å². The Morgan fingerprint density at radius 2 is 1.88 bits per heavy atom. The van der Waals surface area contributed by atoms with Gasteiger partial charge in [0.1, 0.15) is 12.6 Å². The maximum atomic E-state index is 11.3. The lowest BCUT2D eigenvalue weighted by atomic mass is 9.77. The molecule has 94 valence electrons. The summed E-state index contributed by atoms with van der Waals surface area (Å²) in [6.07, 6.45) is 0.756. The van der Waals surface area contributed by atoms with Gasteiger partial charge in [-0.25, -0.2) is 0 Å². The standard InChI is InChI=1S/C11H22N2O3/c1-7(2)5-11(3,4)9(10(12)16)13-8(15)6-14/h7,9,14H,5-6H2,1-4H3,(H2,12,16)(H,13,15). The molecule has 0 aromatic carbocycles. The number of rotatable bonds is 6. The lowest BCUT2D eigenvalue weighted by molar-refractivity contribution is -0.131. The van der Waals surface area contributed by atoms with E-state index in [4.69, 9.17) is 10.8 Å².